The van der Waals surface area contributed by atoms with Crippen molar-refractivity contribution in [3.8, 4) is 0 Å². The molecule has 0 heterocycles. The van der Waals surface area contributed by atoms with Crippen molar-refractivity contribution in [1.29, 1.82) is 0 Å². The normalized spacial score (nSPS) is 22.1. The highest BCUT2D eigenvalue weighted by Crippen LogP contribution is 2.31. The third-order valence-corrected chi connectivity index (χ3v) is 4.50. The predicted octanol–water partition coefficient (Wildman–Crippen LogP) is 2.68. The Hall–Kier alpha value is -1.39. The van der Waals surface area contributed by atoms with Crippen LogP contribution in [0.2, 0.25) is 0 Å². The van der Waals surface area contributed by atoms with Gasteiger partial charge in [-0.3, -0.25) is 5.32 Å². The molecule has 1 aromatic carbocycles. The quantitative estimate of drug-likeness (QED) is 0.810. The molecule has 2 N–H and O–H groups in total. The Kier molecular flexibility index (Phi) is 4.27. The van der Waals surface area contributed by atoms with Crippen molar-refractivity contribution in [1.82, 2.24) is 5.32 Å². The third-order valence-electron chi connectivity index (χ3n) is 4.50. The maximum Gasteiger partial charge on any atom is 0.331 e. The number of rotatable bonds is 7. The van der Waals surface area contributed by atoms with Gasteiger partial charge in [0.25, 0.3) is 0 Å². The highest BCUT2D eigenvalue weighted by atomic mass is 16.5. The number of ether oxygens (including phenoxy) is 1. The summed E-state index contributed by atoms with van der Waals surface area (Å²) in [4.78, 5) is 12.0. The molecule has 1 aromatic rings. The fourth-order valence-electron chi connectivity index (χ4n) is 3.05. The first-order chi connectivity index (χ1) is 10.2. The van der Waals surface area contributed by atoms with Crippen LogP contribution in [0.5, 0.6) is 0 Å². The van der Waals surface area contributed by atoms with E-state index in [9.17, 15) is 9.90 Å². The van der Waals surface area contributed by atoms with Crippen LogP contribution in [-0.4, -0.2) is 29.8 Å². The number of carboxylic acids is 1. The molecule has 2 aliphatic carbocycles. The first kappa shape index (κ1) is 14.5. The molecule has 2 aliphatic rings. The van der Waals surface area contributed by atoms with Gasteiger partial charge in [-0.1, -0.05) is 43.2 Å². The summed E-state index contributed by atoms with van der Waals surface area (Å²) in [6.07, 6.45) is 6.78. The van der Waals surface area contributed by atoms with Gasteiger partial charge in [-0.05, 0) is 31.2 Å². The summed E-state index contributed by atoms with van der Waals surface area (Å²) >= 11 is 0. The first-order valence-electron chi connectivity index (χ1n) is 7.89. The van der Waals surface area contributed by atoms with Crippen molar-refractivity contribution in [2.75, 3.05) is 6.61 Å². The minimum Gasteiger partial charge on any atom is -0.480 e. The van der Waals surface area contributed by atoms with Crippen LogP contribution in [-0.2, 0) is 15.1 Å². The van der Waals surface area contributed by atoms with Gasteiger partial charge in [-0.2, -0.15) is 0 Å². The van der Waals surface area contributed by atoms with E-state index >= 15 is 0 Å². The molecule has 0 saturated heterocycles. The molecular weight excluding hydrogens is 266 g/mol. The molecule has 4 heteroatoms. The first-order valence-corrected chi connectivity index (χ1v) is 7.89. The van der Waals surface area contributed by atoms with E-state index in [1.165, 1.54) is 12.8 Å². The molecular formula is C17H23NO3. The van der Waals surface area contributed by atoms with Crippen LogP contribution in [0, 0.1) is 0 Å². The molecule has 2 fully saturated rings. The molecule has 21 heavy (non-hydrogen) atoms. The smallest absolute Gasteiger partial charge is 0.331 e. The largest absolute Gasteiger partial charge is 0.480 e. The molecule has 0 amide bonds. The molecule has 0 spiro atoms. The molecule has 0 aliphatic heterocycles. The Morgan fingerprint density at radius 3 is 2.43 bits per heavy atom. The molecule has 0 radical (unpaired) electrons. The molecule has 2 saturated carbocycles. The lowest BCUT2D eigenvalue weighted by atomic mass is 9.90. The summed E-state index contributed by atoms with van der Waals surface area (Å²) in [6, 6.07) is 9.73. The maximum atomic E-state index is 12.0. The fourth-order valence-corrected chi connectivity index (χ4v) is 3.05. The lowest BCUT2D eigenvalue weighted by Crippen LogP contribution is -2.54. The number of nitrogens with one attached hydrogen (secondary N) is 1. The Morgan fingerprint density at radius 2 is 1.86 bits per heavy atom. The predicted molar refractivity (Wildman–Crippen MR) is 80.1 cm³/mol. The van der Waals surface area contributed by atoms with Crippen molar-refractivity contribution < 1.29 is 14.6 Å². The summed E-state index contributed by atoms with van der Waals surface area (Å²) in [5.41, 5.74) is -0.340. The maximum absolute atomic E-state index is 12.0. The van der Waals surface area contributed by atoms with Crippen molar-refractivity contribution in [2.24, 2.45) is 0 Å². The van der Waals surface area contributed by atoms with E-state index in [-0.39, 0.29) is 12.7 Å². The van der Waals surface area contributed by atoms with Crippen molar-refractivity contribution in [2.45, 2.75) is 56.2 Å². The summed E-state index contributed by atoms with van der Waals surface area (Å²) < 4.78 is 5.97. The van der Waals surface area contributed by atoms with E-state index in [1.54, 1.807) is 0 Å². The number of carbonyl (C=O) groups is 1. The number of hydrogen-bond acceptors (Lipinski definition) is 3. The minimum atomic E-state index is -1.12. The standard InChI is InChI=1S/C17H23NO3/c19-16(20)17(18-14-10-11-14,13-6-2-1-3-7-13)12-21-15-8-4-5-9-15/h1-3,6-7,14-15,18H,4-5,8-12H2,(H,19,20). The van der Waals surface area contributed by atoms with E-state index in [2.05, 4.69) is 5.32 Å². The second kappa shape index (κ2) is 6.16. The number of benzene rings is 1. The van der Waals surface area contributed by atoms with Crippen LogP contribution in [0.15, 0.2) is 30.3 Å². The van der Waals surface area contributed by atoms with E-state index < -0.39 is 11.5 Å². The zero-order chi connectivity index (χ0) is 14.7. The molecule has 1 atom stereocenters. The summed E-state index contributed by atoms with van der Waals surface area (Å²) in [6.45, 7) is 0.202. The Labute approximate surface area is 125 Å². The number of hydrogen-bond donors (Lipinski definition) is 2. The van der Waals surface area contributed by atoms with E-state index in [0.717, 1.165) is 31.2 Å². The van der Waals surface area contributed by atoms with E-state index in [0.29, 0.717) is 6.04 Å². The number of aliphatic carboxylic acids is 1. The third kappa shape index (κ3) is 3.27. The minimum absolute atomic E-state index is 0.202. The average Bonchev–Trinajstić information content (AvgIpc) is 3.16. The second-order valence-electron chi connectivity index (χ2n) is 6.21. The van der Waals surface area contributed by atoms with Crippen molar-refractivity contribution in [3.05, 3.63) is 35.9 Å². The van der Waals surface area contributed by atoms with Gasteiger partial charge in [0.15, 0.2) is 5.54 Å². The van der Waals surface area contributed by atoms with Gasteiger partial charge in [0.05, 0.1) is 12.7 Å². The van der Waals surface area contributed by atoms with Gasteiger partial charge in [-0.25, -0.2) is 4.79 Å². The zero-order valence-corrected chi connectivity index (χ0v) is 12.3. The van der Waals surface area contributed by atoms with Gasteiger partial charge in [0.2, 0.25) is 0 Å². The fraction of sp³-hybridized carbons (Fsp3) is 0.588. The highest BCUT2D eigenvalue weighted by Gasteiger charge is 2.45. The Balaban J connectivity index is 1.82. The zero-order valence-electron chi connectivity index (χ0n) is 12.3. The lowest BCUT2D eigenvalue weighted by Gasteiger charge is -2.32. The van der Waals surface area contributed by atoms with Crippen molar-refractivity contribution >= 4 is 5.97 Å². The van der Waals surface area contributed by atoms with Gasteiger partial charge < -0.3 is 9.84 Å². The lowest BCUT2D eigenvalue weighted by molar-refractivity contribution is -0.149. The molecule has 0 bridgehead atoms. The SMILES string of the molecule is O=C(O)C(COC1CCCC1)(NC1CC1)c1ccccc1. The average molecular weight is 289 g/mol. The summed E-state index contributed by atoms with van der Waals surface area (Å²) in [5, 5.41) is 13.2. The molecule has 0 aromatic heterocycles. The molecule has 4 nitrogen and oxygen atoms in total. The molecule has 114 valence electrons. The van der Waals surface area contributed by atoms with Crippen LogP contribution in [0.3, 0.4) is 0 Å². The van der Waals surface area contributed by atoms with Crippen molar-refractivity contribution in [3.63, 3.8) is 0 Å². The molecule has 3 rings (SSSR count). The van der Waals surface area contributed by atoms with Crippen LogP contribution >= 0.6 is 0 Å². The highest BCUT2D eigenvalue weighted by molar-refractivity contribution is 5.81. The van der Waals surface area contributed by atoms with Crippen LogP contribution in [0.25, 0.3) is 0 Å². The topological polar surface area (TPSA) is 58.6 Å². The Morgan fingerprint density at radius 1 is 1.19 bits per heavy atom. The van der Waals surface area contributed by atoms with Crippen LogP contribution in [0.1, 0.15) is 44.1 Å². The van der Waals surface area contributed by atoms with Crippen LogP contribution < -0.4 is 5.32 Å². The van der Waals surface area contributed by atoms with Crippen LogP contribution in [0.4, 0.5) is 0 Å². The second-order valence-corrected chi connectivity index (χ2v) is 6.21. The monoisotopic (exact) mass is 289 g/mol. The number of carboxylic acid groups (broad SMARTS) is 1. The van der Waals surface area contributed by atoms with Gasteiger partial charge in [0.1, 0.15) is 0 Å². The summed E-state index contributed by atoms with van der Waals surface area (Å²) in [7, 11) is 0. The van der Waals surface area contributed by atoms with E-state index in [4.69, 9.17) is 4.74 Å². The van der Waals surface area contributed by atoms with E-state index in [1.807, 2.05) is 30.3 Å². The Bertz CT molecular complexity index is 480. The van der Waals surface area contributed by atoms with Gasteiger partial charge in [0, 0.05) is 6.04 Å². The van der Waals surface area contributed by atoms with Gasteiger partial charge >= 0.3 is 5.97 Å². The molecule has 1 unspecified atom stereocenters. The van der Waals surface area contributed by atoms with Gasteiger partial charge in [-0.15, -0.1) is 0 Å². The summed E-state index contributed by atoms with van der Waals surface area (Å²) in [5.74, 6) is -0.849.